The SMILES string of the molecule is Cc1cc(C(=O)N(Cc2ccccc2)C(C)CCO)cc([N+](=O)[O-])c1. The van der Waals surface area contributed by atoms with Crippen LogP contribution < -0.4 is 0 Å². The molecule has 0 saturated carbocycles. The molecule has 0 radical (unpaired) electrons. The van der Waals surface area contributed by atoms with Crippen molar-refractivity contribution in [2.45, 2.75) is 32.9 Å². The highest BCUT2D eigenvalue weighted by Crippen LogP contribution is 2.21. The number of nitrogens with zero attached hydrogens (tertiary/aromatic N) is 2. The lowest BCUT2D eigenvalue weighted by Gasteiger charge is -2.29. The molecule has 2 rings (SSSR count). The number of aryl methyl sites for hydroxylation is 1. The quantitative estimate of drug-likeness (QED) is 0.618. The van der Waals surface area contributed by atoms with Crippen molar-refractivity contribution < 1.29 is 14.8 Å². The first-order chi connectivity index (χ1) is 11.9. The number of aliphatic hydroxyl groups excluding tert-OH is 1. The van der Waals surface area contributed by atoms with Crippen molar-refractivity contribution in [1.82, 2.24) is 4.90 Å². The standard InChI is InChI=1S/C19H22N2O4/c1-14-10-17(12-18(11-14)21(24)25)19(23)20(15(2)8-9-22)13-16-6-4-3-5-7-16/h3-7,10-12,15,22H,8-9,13H2,1-2H3. The number of aliphatic hydroxyl groups is 1. The third-order valence-corrected chi connectivity index (χ3v) is 4.06. The molecule has 0 spiro atoms. The zero-order chi connectivity index (χ0) is 18.4. The van der Waals surface area contributed by atoms with Crippen molar-refractivity contribution in [2.24, 2.45) is 0 Å². The van der Waals surface area contributed by atoms with Crippen LogP contribution >= 0.6 is 0 Å². The summed E-state index contributed by atoms with van der Waals surface area (Å²) in [5.41, 5.74) is 1.81. The summed E-state index contributed by atoms with van der Waals surface area (Å²) in [5, 5.41) is 20.3. The average molecular weight is 342 g/mol. The molecule has 2 aromatic carbocycles. The third-order valence-electron chi connectivity index (χ3n) is 4.06. The number of rotatable bonds is 7. The third kappa shape index (κ3) is 4.87. The van der Waals surface area contributed by atoms with Gasteiger partial charge in [0.25, 0.3) is 11.6 Å². The molecule has 0 fully saturated rings. The van der Waals surface area contributed by atoms with E-state index in [2.05, 4.69) is 0 Å². The van der Waals surface area contributed by atoms with Crippen LogP contribution in [-0.2, 0) is 6.54 Å². The van der Waals surface area contributed by atoms with Gasteiger partial charge >= 0.3 is 0 Å². The fourth-order valence-corrected chi connectivity index (χ4v) is 2.71. The molecule has 0 aromatic heterocycles. The summed E-state index contributed by atoms with van der Waals surface area (Å²) in [5.74, 6) is -0.281. The van der Waals surface area contributed by atoms with E-state index in [0.29, 0.717) is 18.5 Å². The van der Waals surface area contributed by atoms with Crippen LogP contribution in [0.1, 0.15) is 34.8 Å². The highest BCUT2D eigenvalue weighted by molar-refractivity contribution is 5.95. The Hall–Kier alpha value is -2.73. The summed E-state index contributed by atoms with van der Waals surface area (Å²) in [6.07, 6.45) is 0.437. The van der Waals surface area contributed by atoms with Crippen LogP contribution in [0.3, 0.4) is 0 Å². The van der Waals surface area contributed by atoms with Crippen LogP contribution in [0.4, 0.5) is 5.69 Å². The molecule has 1 N–H and O–H groups in total. The fourth-order valence-electron chi connectivity index (χ4n) is 2.71. The maximum Gasteiger partial charge on any atom is 0.270 e. The number of carbonyl (C=O) groups excluding carboxylic acids is 1. The van der Waals surface area contributed by atoms with Crippen LogP contribution in [0, 0.1) is 17.0 Å². The van der Waals surface area contributed by atoms with Crippen molar-refractivity contribution in [3.63, 3.8) is 0 Å². The molecule has 2 aromatic rings. The summed E-state index contributed by atoms with van der Waals surface area (Å²) in [7, 11) is 0. The molecule has 0 saturated heterocycles. The molecule has 0 aliphatic carbocycles. The number of hydrogen-bond donors (Lipinski definition) is 1. The van der Waals surface area contributed by atoms with Gasteiger partial charge in [0.05, 0.1) is 4.92 Å². The average Bonchev–Trinajstić information content (AvgIpc) is 2.59. The molecular weight excluding hydrogens is 320 g/mol. The number of non-ortho nitro benzene ring substituents is 1. The van der Waals surface area contributed by atoms with Gasteiger partial charge in [0.1, 0.15) is 0 Å². The van der Waals surface area contributed by atoms with Gasteiger partial charge in [-0.05, 0) is 37.5 Å². The monoisotopic (exact) mass is 342 g/mol. The van der Waals surface area contributed by atoms with Gasteiger partial charge in [0.15, 0.2) is 0 Å². The second kappa shape index (κ2) is 8.39. The van der Waals surface area contributed by atoms with Crippen LogP contribution in [0.2, 0.25) is 0 Å². The van der Waals surface area contributed by atoms with Crippen LogP contribution in [0.15, 0.2) is 48.5 Å². The number of benzene rings is 2. The topological polar surface area (TPSA) is 83.7 Å². The van der Waals surface area contributed by atoms with E-state index in [1.807, 2.05) is 37.3 Å². The fraction of sp³-hybridized carbons (Fsp3) is 0.316. The van der Waals surface area contributed by atoms with E-state index < -0.39 is 4.92 Å². The minimum atomic E-state index is -0.498. The minimum absolute atomic E-state index is 0.0340. The number of nitro groups is 1. The maximum absolute atomic E-state index is 13.0. The zero-order valence-corrected chi connectivity index (χ0v) is 14.4. The predicted molar refractivity (Wildman–Crippen MR) is 95.3 cm³/mol. The molecule has 0 heterocycles. The van der Waals surface area contributed by atoms with E-state index in [4.69, 9.17) is 0 Å². The van der Waals surface area contributed by atoms with Crippen LogP contribution in [-0.4, -0.2) is 33.5 Å². The normalized spacial score (nSPS) is 11.8. The highest BCUT2D eigenvalue weighted by Gasteiger charge is 2.23. The molecule has 0 aliphatic rings. The first-order valence-corrected chi connectivity index (χ1v) is 8.14. The maximum atomic E-state index is 13.0. The first kappa shape index (κ1) is 18.6. The van der Waals surface area contributed by atoms with Crippen molar-refractivity contribution in [1.29, 1.82) is 0 Å². The van der Waals surface area contributed by atoms with E-state index in [9.17, 15) is 20.0 Å². The van der Waals surface area contributed by atoms with Crippen molar-refractivity contribution >= 4 is 11.6 Å². The van der Waals surface area contributed by atoms with Crippen molar-refractivity contribution in [3.8, 4) is 0 Å². The molecule has 1 unspecified atom stereocenters. The lowest BCUT2D eigenvalue weighted by Crippen LogP contribution is -2.38. The van der Waals surface area contributed by atoms with Crippen LogP contribution in [0.25, 0.3) is 0 Å². The van der Waals surface area contributed by atoms with Gasteiger partial charge in [-0.2, -0.15) is 0 Å². The Morgan fingerprint density at radius 3 is 2.52 bits per heavy atom. The number of carbonyl (C=O) groups is 1. The molecule has 0 bridgehead atoms. The summed E-state index contributed by atoms with van der Waals surface area (Å²) < 4.78 is 0. The summed E-state index contributed by atoms with van der Waals surface area (Å²) >= 11 is 0. The molecule has 6 nitrogen and oxygen atoms in total. The summed E-state index contributed by atoms with van der Waals surface area (Å²) in [6.45, 7) is 3.93. The van der Waals surface area contributed by atoms with Gasteiger partial charge in [-0.3, -0.25) is 14.9 Å². The number of hydrogen-bond acceptors (Lipinski definition) is 4. The van der Waals surface area contributed by atoms with E-state index in [0.717, 1.165) is 5.56 Å². The highest BCUT2D eigenvalue weighted by atomic mass is 16.6. The zero-order valence-electron chi connectivity index (χ0n) is 14.4. The second-order valence-electron chi connectivity index (χ2n) is 6.09. The van der Waals surface area contributed by atoms with Crippen molar-refractivity contribution in [3.05, 3.63) is 75.3 Å². The molecule has 25 heavy (non-hydrogen) atoms. The molecular formula is C19H22N2O4. The lowest BCUT2D eigenvalue weighted by molar-refractivity contribution is -0.384. The van der Waals surface area contributed by atoms with Gasteiger partial charge in [0, 0.05) is 36.9 Å². The first-order valence-electron chi connectivity index (χ1n) is 8.14. The molecule has 0 aliphatic heterocycles. The second-order valence-corrected chi connectivity index (χ2v) is 6.09. The van der Waals surface area contributed by atoms with Crippen LogP contribution in [0.5, 0.6) is 0 Å². The Morgan fingerprint density at radius 1 is 1.24 bits per heavy atom. The Morgan fingerprint density at radius 2 is 1.92 bits per heavy atom. The lowest BCUT2D eigenvalue weighted by atomic mass is 10.1. The van der Waals surface area contributed by atoms with Gasteiger partial charge in [-0.25, -0.2) is 0 Å². The van der Waals surface area contributed by atoms with Gasteiger partial charge < -0.3 is 10.0 Å². The van der Waals surface area contributed by atoms with Crippen molar-refractivity contribution in [2.75, 3.05) is 6.61 Å². The Kier molecular flexibility index (Phi) is 6.25. The summed E-state index contributed by atoms with van der Waals surface area (Å²) in [6, 6.07) is 13.7. The minimum Gasteiger partial charge on any atom is -0.396 e. The van der Waals surface area contributed by atoms with E-state index >= 15 is 0 Å². The smallest absolute Gasteiger partial charge is 0.270 e. The van der Waals surface area contributed by atoms with E-state index in [-0.39, 0.29) is 29.8 Å². The predicted octanol–water partition coefficient (Wildman–Crippen LogP) is 3.32. The molecule has 6 heteroatoms. The molecule has 132 valence electrons. The Labute approximate surface area is 146 Å². The Bertz CT molecular complexity index is 746. The molecule has 1 amide bonds. The largest absolute Gasteiger partial charge is 0.396 e. The van der Waals surface area contributed by atoms with Gasteiger partial charge in [-0.15, -0.1) is 0 Å². The van der Waals surface area contributed by atoms with E-state index in [1.54, 1.807) is 17.9 Å². The van der Waals surface area contributed by atoms with Gasteiger partial charge in [-0.1, -0.05) is 30.3 Å². The van der Waals surface area contributed by atoms with E-state index in [1.165, 1.54) is 12.1 Å². The number of nitro benzene ring substituents is 1. The Balaban J connectivity index is 2.36. The summed E-state index contributed by atoms with van der Waals surface area (Å²) in [4.78, 5) is 25.2. The number of amides is 1. The van der Waals surface area contributed by atoms with Gasteiger partial charge in [0.2, 0.25) is 0 Å². The molecule has 1 atom stereocenters.